The Kier molecular flexibility index (Phi) is 2.22. The highest BCUT2D eigenvalue weighted by Gasteiger charge is 2.16. The molecular formula is C15H13N. The number of hydrogen-bond acceptors (Lipinski definition) is 1. The first kappa shape index (κ1) is 9.22. The van der Waals surface area contributed by atoms with Crippen LogP contribution in [-0.2, 0) is 0 Å². The fourth-order valence-electron chi connectivity index (χ4n) is 2.17. The van der Waals surface area contributed by atoms with Crippen molar-refractivity contribution in [1.29, 1.82) is 0 Å². The molecule has 0 saturated heterocycles. The zero-order chi connectivity index (χ0) is 10.8. The van der Waals surface area contributed by atoms with Gasteiger partial charge >= 0.3 is 0 Å². The molecule has 0 spiro atoms. The van der Waals surface area contributed by atoms with E-state index in [1.807, 2.05) is 12.3 Å². The summed E-state index contributed by atoms with van der Waals surface area (Å²) in [7, 11) is 0. The molecule has 1 nitrogen and oxygen atoms in total. The van der Waals surface area contributed by atoms with Crippen molar-refractivity contribution in [3.05, 3.63) is 77.5 Å². The molecule has 1 N–H and O–H groups in total. The molecule has 0 radical (unpaired) electrons. The lowest BCUT2D eigenvalue weighted by Gasteiger charge is -2.23. The van der Waals surface area contributed by atoms with Crippen LogP contribution in [0.15, 0.2) is 60.8 Å². The van der Waals surface area contributed by atoms with E-state index in [9.17, 15) is 0 Å². The van der Waals surface area contributed by atoms with E-state index in [4.69, 9.17) is 0 Å². The molecule has 1 aliphatic heterocycles. The van der Waals surface area contributed by atoms with Gasteiger partial charge in [-0.05, 0) is 29.0 Å². The number of fused-ring (bicyclic) bond motifs is 1. The van der Waals surface area contributed by atoms with Gasteiger partial charge in [0.25, 0.3) is 0 Å². The van der Waals surface area contributed by atoms with Crippen molar-refractivity contribution in [2.24, 2.45) is 0 Å². The van der Waals surface area contributed by atoms with Crippen LogP contribution in [0.5, 0.6) is 0 Å². The maximum absolute atomic E-state index is 3.41. The first-order valence-electron chi connectivity index (χ1n) is 5.51. The molecule has 3 rings (SSSR count). The lowest BCUT2D eigenvalue weighted by atomic mass is 9.92. The molecule has 78 valence electrons. The summed E-state index contributed by atoms with van der Waals surface area (Å²) in [4.78, 5) is 0. The molecule has 0 aromatic heterocycles. The number of nitrogens with one attached hydrogen (secondary N) is 1. The van der Waals surface area contributed by atoms with E-state index in [0.717, 1.165) is 0 Å². The number of benzene rings is 2. The summed E-state index contributed by atoms with van der Waals surface area (Å²) < 4.78 is 0. The molecule has 1 heteroatoms. The van der Waals surface area contributed by atoms with Gasteiger partial charge in [-0.15, -0.1) is 0 Å². The Balaban J connectivity index is 2.09. The number of rotatable bonds is 1. The Bertz CT molecular complexity index is 514. The summed E-state index contributed by atoms with van der Waals surface area (Å²) in [6.07, 6.45) is 4.15. The predicted octanol–water partition coefficient (Wildman–Crippen LogP) is 3.35. The standard InChI is InChI=1S/C15H13N/c1-2-7-13(8-3-1)15-14-9-5-4-6-12(14)10-11-16-15/h1-11,15-16H. The fraction of sp³-hybridized carbons (Fsp3) is 0.0667. The van der Waals surface area contributed by atoms with Crippen LogP contribution in [0.4, 0.5) is 0 Å². The summed E-state index contributed by atoms with van der Waals surface area (Å²) in [5, 5.41) is 3.41. The molecule has 1 atom stereocenters. The van der Waals surface area contributed by atoms with E-state index in [-0.39, 0.29) is 6.04 Å². The minimum Gasteiger partial charge on any atom is -0.380 e. The zero-order valence-electron chi connectivity index (χ0n) is 8.93. The van der Waals surface area contributed by atoms with E-state index in [1.54, 1.807) is 0 Å². The van der Waals surface area contributed by atoms with Crippen LogP contribution in [0.3, 0.4) is 0 Å². The van der Waals surface area contributed by atoms with Crippen molar-refractivity contribution >= 4 is 6.08 Å². The van der Waals surface area contributed by atoms with Crippen molar-refractivity contribution in [3.8, 4) is 0 Å². The van der Waals surface area contributed by atoms with Crippen molar-refractivity contribution < 1.29 is 0 Å². The van der Waals surface area contributed by atoms with Gasteiger partial charge in [0, 0.05) is 0 Å². The van der Waals surface area contributed by atoms with Gasteiger partial charge in [0.1, 0.15) is 0 Å². The maximum atomic E-state index is 3.41. The minimum absolute atomic E-state index is 0.280. The molecule has 2 aromatic carbocycles. The Morgan fingerprint density at radius 1 is 0.812 bits per heavy atom. The summed E-state index contributed by atoms with van der Waals surface area (Å²) >= 11 is 0. The molecule has 0 aliphatic carbocycles. The third-order valence-corrected chi connectivity index (χ3v) is 2.97. The molecule has 0 amide bonds. The van der Waals surface area contributed by atoms with Crippen LogP contribution in [0.25, 0.3) is 6.08 Å². The van der Waals surface area contributed by atoms with E-state index in [0.29, 0.717) is 0 Å². The van der Waals surface area contributed by atoms with Crippen LogP contribution < -0.4 is 5.32 Å². The summed E-state index contributed by atoms with van der Waals surface area (Å²) in [6, 6.07) is 19.3. The lowest BCUT2D eigenvalue weighted by Crippen LogP contribution is -2.20. The average Bonchev–Trinajstić information content (AvgIpc) is 2.39. The Morgan fingerprint density at radius 2 is 1.56 bits per heavy atom. The first-order valence-corrected chi connectivity index (χ1v) is 5.51. The monoisotopic (exact) mass is 207 g/mol. The van der Waals surface area contributed by atoms with Gasteiger partial charge in [-0.3, -0.25) is 0 Å². The molecule has 2 aromatic rings. The van der Waals surface area contributed by atoms with Gasteiger partial charge in [-0.1, -0.05) is 54.6 Å². The van der Waals surface area contributed by atoms with E-state index >= 15 is 0 Å². The largest absolute Gasteiger partial charge is 0.380 e. The summed E-state index contributed by atoms with van der Waals surface area (Å²) in [5.74, 6) is 0. The van der Waals surface area contributed by atoms with Crippen LogP contribution in [0.2, 0.25) is 0 Å². The number of hydrogen-bond donors (Lipinski definition) is 1. The van der Waals surface area contributed by atoms with Gasteiger partial charge in [-0.25, -0.2) is 0 Å². The van der Waals surface area contributed by atoms with Gasteiger partial charge in [0.2, 0.25) is 0 Å². The van der Waals surface area contributed by atoms with E-state index < -0.39 is 0 Å². The lowest BCUT2D eigenvalue weighted by molar-refractivity contribution is 0.721. The van der Waals surface area contributed by atoms with E-state index in [1.165, 1.54) is 16.7 Å². The van der Waals surface area contributed by atoms with Gasteiger partial charge in [0.05, 0.1) is 6.04 Å². The van der Waals surface area contributed by atoms with Crippen molar-refractivity contribution in [1.82, 2.24) is 5.32 Å². The molecule has 1 heterocycles. The molecule has 0 fully saturated rings. The third kappa shape index (κ3) is 1.50. The maximum Gasteiger partial charge on any atom is 0.0768 e. The molecule has 16 heavy (non-hydrogen) atoms. The van der Waals surface area contributed by atoms with Crippen molar-refractivity contribution in [3.63, 3.8) is 0 Å². The normalized spacial score (nSPS) is 17.6. The highest BCUT2D eigenvalue weighted by atomic mass is 14.9. The minimum atomic E-state index is 0.280. The van der Waals surface area contributed by atoms with Crippen molar-refractivity contribution in [2.75, 3.05) is 0 Å². The molecule has 1 aliphatic rings. The molecule has 0 saturated carbocycles. The second-order valence-corrected chi connectivity index (χ2v) is 3.97. The third-order valence-electron chi connectivity index (χ3n) is 2.97. The second-order valence-electron chi connectivity index (χ2n) is 3.97. The molecule has 0 bridgehead atoms. The average molecular weight is 207 g/mol. The van der Waals surface area contributed by atoms with Gasteiger partial charge in [-0.2, -0.15) is 0 Å². The Labute approximate surface area is 95.4 Å². The topological polar surface area (TPSA) is 12.0 Å². The fourth-order valence-corrected chi connectivity index (χ4v) is 2.17. The summed E-state index contributed by atoms with van der Waals surface area (Å²) in [5.41, 5.74) is 3.95. The van der Waals surface area contributed by atoms with Crippen LogP contribution in [-0.4, -0.2) is 0 Å². The quantitative estimate of drug-likeness (QED) is 0.756. The highest BCUT2D eigenvalue weighted by molar-refractivity contribution is 5.58. The van der Waals surface area contributed by atoms with Crippen molar-refractivity contribution in [2.45, 2.75) is 6.04 Å². The molecular weight excluding hydrogens is 194 g/mol. The van der Waals surface area contributed by atoms with Gasteiger partial charge < -0.3 is 5.32 Å². The zero-order valence-corrected chi connectivity index (χ0v) is 8.93. The summed E-state index contributed by atoms with van der Waals surface area (Å²) in [6.45, 7) is 0. The first-order chi connectivity index (χ1) is 7.95. The Hall–Kier alpha value is -2.02. The highest BCUT2D eigenvalue weighted by Crippen LogP contribution is 2.28. The second kappa shape index (κ2) is 3.86. The SMILES string of the molecule is C1=Cc2ccccc2C(c2ccccc2)N1. The van der Waals surface area contributed by atoms with E-state index in [2.05, 4.69) is 59.9 Å². The smallest absolute Gasteiger partial charge is 0.0768 e. The predicted molar refractivity (Wildman–Crippen MR) is 66.9 cm³/mol. The molecule has 1 unspecified atom stereocenters. The van der Waals surface area contributed by atoms with Gasteiger partial charge in [0.15, 0.2) is 0 Å². The van der Waals surface area contributed by atoms with Crippen LogP contribution in [0.1, 0.15) is 22.7 Å². The Morgan fingerprint density at radius 3 is 2.44 bits per heavy atom. The van der Waals surface area contributed by atoms with Crippen LogP contribution in [0, 0.1) is 0 Å². The van der Waals surface area contributed by atoms with Crippen LogP contribution >= 0.6 is 0 Å².